The van der Waals surface area contributed by atoms with Crippen LogP contribution in [0, 0.1) is 5.92 Å². The molecule has 1 atom stereocenters. The molecule has 2 amide bonds. The number of benzene rings is 1. The molecule has 4 rings (SSSR count). The average Bonchev–Trinajstić information content (AvgIpc) is 3.33. The lowest BCUT2D eigenvalue weighted by atomic mass is 10.1. The van der Waals surface area contributed by atoms with E-state index in [0.717, 1.165) is 36.0 Å². The van der Waals surface area contributed by atoms with Crippen molar-refractivity contribution in [1.82, 2.24) is 10.2 Å². The van der Waals surface area contributed by atoms with E-state index < -0.39 is 6.09 Å². The second-order valence-electron chi connectivity index (χ2n) is 6.46. The minimum absolute atomic E-state index is 0.0300. The van der Waals surface area contributed by atoms with E-state index >= 15 is 0 Å². The van der Waals surface area contributed by atoms with E-state index in [1.54, 1.807) is 0 Å². The van der Waals surface area contributed by atoms with Crippen molar-refractivity contribution in [1.29, 1.82) is 0 Å². The van der Waals surface area contributed by atoms with Gasteiger partial charge in [0.2, 0.25) is 5.91 Å². The van der Waals surface area contributed by atoms with Gasteiger partial charge in [0.25, 0.3) is 0 Å². The van der Waals surface area contributed by atoms with Crippen LogP contribution in [0.4, 0.5) is 4.79 Å². The number of para-hydroxylation sites is 1. The number of fused-ring (bicyclic) bond motifs is 1. The van der Waals surface area contributed by atoms with Crippen molar-refractivity contribution in [3.63, 3.8) is 0 Å². The summed E-state index contributed by atoms with van der Waals surface area (Å²) in [6.45, 7) is 1.02. The minimum Gasteiger partial charge on any atom is -0.459 e. The van der Waals surface area contributed by atoms with Gasteiger partial charge in [-0.05, 0) is 37.3 Å². The van der Waals surface area contributed by atoms with Crippen LogP contribution in [0.2, 0.25) is 0 Å². The van der Waals surface area contributed by atoms with Gasteiger partial charge in [0.05, 0.1) is 12.6 Å². The first-order chi connectivity index (χ1) is 11.7. The Kier molecular flexibility index (Phi) is 3.88. The molecule has 1 aromatic heterocycles. The molecule has 1 aliphatic carbocycles. The molecule has 1 N–H and O–H groups in total. The Hall–Kier alpha value is -2.50. The fraction of sp³-hybridized carbons (Fsp3) is 0.444. The number of nitrogens with one attached hydrogen (secondary N) is 1. The summed E-state index contributed by atoms with van der Waals surface area (Å²) < 4.78 is 10.9. The van der Waals surface area contributed by atoms with Crippen LogP contribution in [0.1, 0.15) is 31.1 Å². The molecule has 0 spiro atoms. The Labute approximate surface area is 139 Å². The largest absolute Gasteiger partial charge is 0.459 e. The molecule has 6 heteroatoms. The van der Waals surface area contributed by atoms with Crippen molar-refractivity contribution >= 4 is 23.0 Å². The molecule has 0 unspecified atom stereocenters. The first kappa shape index (κ1) is 15.1. The lowest BCUT2D eigenvalue weighted by Gasteiger charge is -2.26. The van der Waals surface area contributed by atoms with Crippen LogP contribution < -0.4 is 5.32 Å². The zero-order valence-electron chi connectivity index (χ0n) is 13.4. The maximum Gasteiger partial charge on any atom is 0.410 e. The van der Waals surface area contributed by atoms with Crippen molar-refractivity contribution < 1.29 is 18.7 Å². The van der Waals surface area contributed by atoms with Gasteiger partial charge < -0.3 is 14.5 Å². The lowest BCUT2D eigenvalue weighted by Crippen LogP contribution is -2.45. The highest BCUT2D eigenvalue weighted by Crippen LogP contribution is 2.42. The third kappa shape index (κ3) is 3.09. The predicted octanol–water partition coefficient (Wildman–Crippen LogP) is 2.84. The molecule has 2 fully saturated rings. The summed E-state index contributed by atoms with van der Waals surface area (Å²) in [6.07, 6.45) is 2.50. The first-order valence-corrected chi connectivity index (χ1v) is 8.40. The van der Waals surface area contributed by atoms with Crippen molar-refractivity contribution in [2.75, 3.05) is 19.7 Å². The Bertz CT molecular complexity index is 732. The summed E-state index contributed by atoms with van der Waals surface area (Å²) in [6, 6.07) is 9.68. The highest BCUT2D eigenvalue weighted by Gasteiger charge is 2.36. The average molecular weight is 328 g/mol. The van der Waals surface area contributed by atoms with Crippen LogP contribution >= 0.6 is 0 Å². The number of cyclic esters (lactones) is 1. The minimum atomic E-state index is -0.414. The van der Waals surface area contributed by atoms with E-state index in [2.05, 4.69) is 5.32 Å². The van der Waals surface area contributed by atoms with Gasteiger partial charge in [-0.2, -0.15) is 0 Å². The van der Waals surface area contributed by atoms with E-state index in [4.69, 9.17) is 9.15 Å². The summed E-state index contributed by atoms with van der Waals surface area (Å²) in [4.78, 5) is 25.5. The molecule has 1 aromatic carbocycles. The standard InChI is InChI=1S/C18H20N2O4/c21-16(11-20-8-3-9-23-18(20)22)19-17(12-6-7-12)15-10-13-4-1-2-5-14(13)24-15/h1-2,4-5,10,12,17H,3,6-9,11H2,(H,19,21)/t17-/m1/s1. The molecule has 1 saturated carbocycles. The summed E-state index contributed by atoms with van der Waals surface area (Å²) in [5.41, 5.74) is 0.826. The molecular formula is C18H20N2O4. The van der Waals surface area contributed by atoms with Gasteiger partial charge in [-0.1, -0.05) is 18.2 Å². The third-order valence-electron chi connectivity index (χ3n) is 4.55. The second-order valence-corrected chi connectivity index (χ2v) is 6.46. The number of hydrogen-bond acceptors (Lipinski definition) is 4. The number of hydrogen-bond donors (Lipinski definition) is 1. The molecule has 2 heterocycles. The van der Waals surface area contributed by atoms with E-state index in [9.17, 15) is 9.59 Å². The molecule has 24 heavy (non-hydrogen) atoms. The zero-order chi connectivity index (χ0) is 16.5. The van der Waals surface area contributed by atoms with Crippen LogP contribution in [0.3, 0.4) is 0 Å². The maximum atomic E-state index is 12.4. The van der Waals surface area contributed by atoms with Crippen molar-refractivity contribution in [3.8, 4) is 0 Å². The highest BCUT2D eigenvalue weighted by atomic mass is 16.6. The number of carbonyl (C=O) groups is 2. The van der Waals surface area contributed by atoms with Crippen LogP contribution in [0.15, 0.2) is 34.7 Å². The van der Waals surface area contributed by atoms with Crippen LogP contribution in [-0.2, 0) is 9.53 Å². The maximum absolute atomic E-state index is 12.4. The Morgan fingerprint density at radius 2 is 2.17 bits per heavy atom. The van der Waals surface area contributed by atoms with Crippen molar-refractivity contribution in [3.05, 3.63) is 36.1 Å². The quantitative estimate of drug-likeness (QED) is 0.916. The second kappa shape index (κ2) is 6.19. The van der Waals surface area contributed by atoms with E-state index in [0.29, 0.717) is 19.1 Å². The van der Waals surface area contributed by atoms with Gasteiger partial charge >= 0.3 is 6.09 Å². The van der Waals surface area contributed by atoms with Crippen LogP contribution in [-0.4, -0.2) is 36.6 Å². The number of carbonyl (C=O) groups excluding carboxylic acids is 2. The van der Waals surface area contributed by atoms with E-state index in [-0.39, 0.29) is 18.5 Å². The van der Waals surface area contributed by atoms with Gasteiger partial charge in [-0.25, -0.2) is 4.79 Å². The predicted molar refractivity (Wildman–Crippen MR) is 87.4 cm³/mol. The van der Waals surface area contributed by atoms with Crippen LogP contribution in [0.25, 0.3) is 11.0 Å². The number of ether oxygens (including phenoxy) is 1. The topological polar surface area (TPSA) is 71.8 Å². The highest BCUT2D eigenvalue weighted by molar-refractivity contribution is 5.83. The van der Waals surface area contributed by atoms with Crippen molar-refractivity contribution in [2.45, 2.75) is 25.3 Å². The summed E-state index contributed by atoms with van der Waals surface area (Å²) in [7, 11) is 0. The van der Waals surface area contributed by atoms with E-state index in [1.807, 2.05) is 30.3 Å². The van der Waals surface area contributed by atoms with Gasteiger partial charge in [0.15, 0.2) is 0 Å². The number of furan rings is 1. The molecule has 2 aliphatic rings. The normalized spacial score (nSPS) is 19.2. The van der Waals surface area contributed by atoms with Gasteiger partial charge in [0.1, 0.15) is 17.9 Å². The SMILES string of the molecule is O=C(CN1CCCOC1=O)N[C@@H](c1cc2ccccc2o1)C1CC1. The van der Waals surface area contributed by atoms with Gasteiger partial charge in [-0.3, -0.25) is 9.69 Å². The fourth-order valence-corrected chi connectivity index (χ4v) is 3.14. The monoisotopic (exact) mass is 328 g/mol. The van der Waals surface area contributed by atoms with Gasteiger partial charge in [-0.15, -0.1) is 0 Å². The molecule has 1 aliphatic heterocycles. The third-order valence-corrected chi connectivity index (χ3v) is 4.55. The molecular weight excluding hydrogens is 308 g/mol. The Balaban J connectivity index is 1.47. The smallest absolute Gasteiger partial charge is 0.410 e. The van der Waals surface area contributed by atoms with Gasteiger partial charge in [0, 0.05) is 11.9 Å². The summed E-state index contributed by atoms with van der Waals surface area (Å²) >= 11 is 0. The molecule has 2 aromatic rings. The first-order valence-electron chi connectivity index (χ1n) is 8.40. The zero-order valence-corrected chi connectivity index (χ0v) is 13.4. The molecule has 0 bridgehead atoms. The summed E-state index contributed by atoms with van der Waals surface area (Å²) in [5, 5.41) is 4.08. The Morgan fingerprint density at radius 1 is 1.33 bits per heavy atom. The Morgan fingerprint density at radius 3 is 2.92 bits per heavy atom. The number of amides is 2. The van der Waals surface area contributed by atoms with Crippen molar-refractivity contribution in [2.24, 2.45) is 5.92 Å². The molecule has 1 saturated heterocycles. The molecule has 0 radical (unpaired) electrons. The number of rotatable bonds is 5. The number of nitrogens with zero attached hydrogens (tertiary/aromatic N) is 1. The summed E-state index contributed by atoms with van der Waals surface area (Å²) in [5.74, 6) is 1.02. The fourth-order valence-electron chi connectivity index (χ4n) is 3.14. The lowest BCUT2D eigenvalue weighted by molar-refractivity contribution is -0.123. The molecule has 6 nitrogen and oxygen atoms in total. The molecule has 126 valence electrons. The van der Waals surface area contributed by atoms with Crippen LogP contribution in [0.5, 0.6) is 0 Å². The van der Waals surface area contributed by atoms with E-state index in [1.165, 1.54) is 4.90 Å².